The molecule has 0 radical (unpaired) electrons. The lowest BCUT2D eigenvalue weighted by Crippen LogP contribution is -2.35. The Kier molecular flexibility index (Phi) is 8.42. The van der Waals surface area contributed by atoms with Gasteiger partial charge in [0, 0.05) is 25.0 Å². The molecule has 1 fully saturated rings. The van der Waals surface area contributed by atoms with Crippen LogP contribution in [0.5, 0.6) is 5.75 Å². The number of piperidine rings is 1. The number of aromatic nitrogens is 1. The van der Waals surface area contributed by atoms with Crippen LogP contribution in [0.1, 0.15) is 29.8 Å². The van der Waals surface area contributed by atoms with Crippen molar-refractivity contribution in [1.82, 2.24) is 9.29 Å². The highest BCUT2D eigenvalue weighted by Gasteiger charge is 2.27. The summed E-state index contributed by atoms with van der Waals surface area (Å²) in [5, 5.41) is 7.56. The molecule has 178 valence electrons. The van der Waals surface area contributed by atoms with Crippen LogP contribution in [0.25, 0.3) is 0 Å². The Balaban J connectivity index is 1.64. The summed E-state index contributed by atoms with van der Waals surface area (Å²) < 4.78 is 37.6. The third kappa shape index (κ3) is 6.30. The van der Waals surface area contributed by atoms with Crippen molar-refractivity contribution in [1.29, 1.82) is 0 Å². The zero-order valence-electron chi connectivity index (χ0n) is 18.2. The number of sulfonamides is 1. The van der Waals surface area contributed by atoms with Crippen molar-refractivity contribution in [2.45, 2.75) is 24.2 Å². The Hall–Kier alpha value is -2.96. The molecule has 10 nitrogen and oxygen atoms in total. The number of hydrogen-bond donors (Lipinski definition) is 2. The number of nitrogens with zero attached hydrogens (tertiary/aromatic N) is 2. The molecule has 2 heterocycles. The van der Waals surface area contributed by atoms with E-state index in [9.17, 15) is 18.0 Å². The molecule has 2 N–H and O–H groups in total. The molecular formula is C21H26N4O6S2. The molecule has 0 spiro atoms. The molecule has 1 aromatic carbocycles. The molecule has 1 aliphatic rings. The third-order valence-corrected chi connectivity index (χ3v) is 7.54. The minimum absolute atomic E-state index is 0.0551. The van der Waals surface area contributed by atoms with Crippen LogP contribution in [0.3, 0.4) is 0 Å². The molecule has 0 saturated carbocycles. The van der Waals surface area contributed by atoms with E-state index in [0.717, 1.165) is 19.3 Å². The number of benzene rings is 1. The Bertz CT molecular complexity index is 1110. The summed E-state index contributed by atoms with van der Waals surface area (Å²) in [6, 6.07) is 4.27. The molecule has 1 aliphatic heterocycles. The Labute approximate surface area is 196 Å². The molecule has 0 unspecified atom stereocenters. The molecule has 12 heteroatoms. The van der Waals surface area contributed by atoms with E-state index >= 15 is 0 Å². The molecule has 0 bridgehead atoms. The molecule has 2 aromatic rings. The van der Waals surface area contributed by atoms with Gasteiger partial charge in [0.15, 0.2) is 17.4 Å². The van der Waals surface area contributed by atoms with Gasteiger partial charge >= 0.3 is 5.97 Å². The van der Waals surface area contributed by atoms with Gasteiger partial charge in [-0.1, -0.05) is 12.5 Å². The number of hydrogen-bond acceptors (Lipinski definition) is 9. The number of carbonyl (C=O) groups excluding carboxylic acids is 2. The van der Waals surface area contributed by atoms with Crippen molar-refractivity contribution in [3.8, 4) is 5.75 Å². The highest BCUT2D eigenvalue weighted by atomic mass is 32.2. The monoisotopic (exact) mass is 494 g/mol. The molecular weight excluding hydrogens is 468 g/mol. The molecule has 3 rings (SSSR count). The number of methoxy groups -OCH3 is 1. The number of carbonyl (C=O) groups is 2. The average molecular weight is 495 g/mol. The molecule has 1 amide bonds. The van der Waals surface area contributed by atoms with Gasteiger partial charge < -0.3 is 20.1 Å². The maximum absolute atomic E-state index is 13.0. The standard InChI is InChI=1S/C21H26N4O6S2/c1-3-9-22-21-24-17(14-32-21)20(27)31-13-19(26)23-16-12-15(7-8-18(16)30-2)33(28,29)25-10-5-4-6-11-25/h3,7-8,12,14H,1,4-6,9-11,13H2,2H3,(H,22,24)(H,23,26). The van der Waals surface area contributed by atoms with E-state index in [0.29, 0.717) is 24.8 Å². The predicted molar refractivity (Wildman–Crippen MR) is 125 cm³/mol. The van der Waals surface area contributed by atoms with Crippen LogP contribution in [-0.2, 0) is 19.6 Å². The van der Waals surface area contributed by atoms with Crippen LogP contribution >= 0.6 is 11.3 Å². The SMILES string of the molecule is C=CCNc1nc(C(=O)OCC(=O)Nc2cc(S(=O)(=O)N3CCCCC3)ccc2OC)cs1. The maximum Gasteiger partial charge on any atom is 0.358 e. The summed E-state index contributed by atoms with van der Waals surface area (Å²) in [5.74, 6) is -1.11. The van der Waals surface area contributed by atoms with E-state index in [2.05, 4.69) is 22.2 Å². The van der Waals surface area contributed by atoms with E-state index in [-0.39, 0.29) is 22.0 Å². The van der Waals surface area contributed by atoms with E-state index in [1.54, 1.807) is 6.08 Å². The van der Waals surface area contributed by atoms with E-state index < -0.39 is 28.5 Å². The van der Waals surface area contributed by atoms with Gasteiger partial charge in [-0.25, -0.2) is 18.2 Å². The number of anilines is 2. The zero-order valence-corrected chi connectivity index (χ0v) is 19.8. The quantitative estimate of drug-likeness (QED) is 0.381. The van der Waals surface area contributed by atoms with Gasteiger partial charge in [0.1, 0.15) is 5.75 Å². The number of nitrogens with one attached hydrogen (secondary N) is 2. The Morgan fingerprint density at radius 2 is 2.03 bits per heavy atom. The first kappa shape index (κ1) is 24.7. The van der Waals surface area contributed by atoms with Crippen LogP contribution in [0.2, 0.25) is 0 Å². The lowest BCUT2D eigenvalue weighted by Gasteiger charge is -2.26. The van der Waals surface area contributed by atoms with E-state index in [1.807, 2.05) is 0 Å². The van der Waals surface area contributed by atoms with Crippen LogP contribution in [0, 0.1) is 0 Å². The molecule has 1 aromatic heterocycles. The van der Waals surface area contributed by atoms with Crippen molar-refractivity contribution >= 4 is 44.1 Å². The topological polar surface area (TPSA) is 127 Å². The number of ether oxygens (including phenoxy) is 2. The van der Waals surface area contributed by atoms with Gasteiger partial charge in [0.05, 0.1) is 17.7 Å². The van der Waals surface area contributed by atoms with Crippen molar-refractivity contribution in [3.05, 3.63) is 41.9 Å². The maximum atomic E-state index is 13.0. The lowest BCUT2D eigenvalue weighted by atomic mass is 10.2. The summed E-state index contributed by atoms with van der Waals surface area (Å²) in [4.78, 5) is 28.7. The summed E-state index contributed by atoms with van der Waals surface area (Å²) in [5.41, 5.74) is 0.243. The number of thiazole rings is 1. The fourth-order valence-electron chi connectivity index (χ4n) is 3.20. The first-order valence-electron chi connectivity index (χ1n) is 10.3. The fourth-order valence-corrected chi connectivity index (χ4v) is 5.43. The first-order valence-corrected chi connectivity index (χ1v) is 12.6. The second-order valence-electron chi connectivity index (χ2n) is 7.16. The number of amides is 1. The Morgan fingerprint density at radius 1 is 1.27 bits per heavy atom. The first-order chi connectivity index (χ1) is 15.8. The van der Waals surface area contributed by atoms with Gasteiger partial charge in [0.25, 0.3) is 5.91 Å². The van der Waals surface area contributed by atoms with Crippen molar-refractivity contribution in [2.24, 2.45) is 0 Å². The summed E-state index contributed by atoms with van der Waals surface area (Å²) in [6.07, 6.45) is 4.29. The van der Waals surface area contributed by atoms with Gasteiger partial charge in [-0.3, -0.25) is 4.79 Å². The predicted octanol–water partition coefficient (Wildman–Crippen LogP) is 2.72. The highest BCUT2D eigenvalue weighted by Crippen LogP contribution is 2.30. The minimum atomic E-state index is -3.69. The van der Waals surface area contributed by atoms with Gasteiger partial charge in [-0.15, -0.1) is 17.9 Å². The molecule has 0 atom stereocenters. The fraction of sp³-hybridized carbons (Fsp3) is 0.381. The lowest BCUT2D eigenvalue weighted by molar-refractivity contribution is -0.119. The van der Waals surface area contributed by atoms with E-state index in [4.69, 9.17) is 9.47 Å². The normalized spacial score (nSPS) is 14.3. The molecule has 33 heavy (non-hydrogen) atoms. The van der Waals surface area contributed by atoms with Gasteiger partial charge in [0.2, 0.25) is 10.0 Å². The average Bonchev–Trinajstić information content (AvgIpc) is 3.31. The largest absolute Gasteiger partial charge is 0.495 e. The molecule has 0 aliphatic carbocycles. The van der Waals surface area contributed by atoms with Crippen LogP contribution in [-0.4, -0.2) is 62.9 Å². The summed E-state index contributed by atoms with van der Waals surface area (Å²) >= 11 is 1.23. The minimum Gasteiger partial charge on any atom is -0.495 e. The van der Waals surface area contributed by atoms with Crippen LogP contribution < -0.4 is 15.4 Å². The second kappa shape index (κ2) is 11.3. The zero-order chi connectivity index (χ0) is 23.8. The highest BCUT2D eigenvalue weighted by molar-refractivity contribution is 7.89. The second-order valence-corrected chi connectivity index (χ2v) is 9.95. The van der Waals surface area contributed by atoms with E-state index in [1.165, 1.54) is 46.3 Å². The van der Waals surface area contributed by atoms with Crippen LogP contribution in [0.15, 0.2) is 41.1 Å². The number of esters is 1. The van der Waals surface area contributed by atoms with Crippen molar-refractivity contribution in [2.75, 3.05) is 44.0 Å². The third-order valence-electron chi connectivity index (χ3n) is 4.84. The Morgan fingerprint density at radius 3 is 2.73 bits per heavy atom. The van der Waals surface area contributed by atoms with Crippen LogP contribution in [0.4, 0.5) is 10.8 Å². The number of rotatable bonds is 10. The van der Waals surface area contributed by atoms with Crippen molar-refractivity contribution in [3.63, 3.8) is 0 Å². The van der Waals surface area contributed by atoms with Crippen molar-refractivity contribution < 1.29 is 27.5 Å². The summed E-state index contributed by atoms with van der Waals surface area (Å²) in [6.45, 7) is 4.45. The molecule has 1 saturated heterocycles. The summed E-state index contributed by atoms with van der Waals surface area (Å²) in [7, 11) is -2.28. The van der Waals surface area contributed by atoms with Gasteiger partial charge in [-0.05, 0) is 31.0 Å². The smallest absolute Gasteiger partial charge is 0.358 e. The van der Waals surface area contributed by atoms with Gasteiger partial charge in [-0.2, -0.15) is 4.31 Å².